The van der Waals surface area contributed by atoms with Gasteiger partial charge in [-0.05, 0) is 33.4 Å². The highest BCUT2D eigenvalue weighted by Crippen LogP contribution is 2.11. The number of nitrogens with zero attached hydrogens (tertiary/aromatic N) is 2. The highest BCUT2D eigenvalue weighted by atomic mass is 16.6. The fraction of sp³-hybridized carbons (Fsp3) is 0.875. The van der Waals surface area contributed by atoms with Gasteiger partial charge in [0.05, 0.1) is 0 Å². The first-order valence-corrected chi connectivity index (χ1v) is 4.15. The SMILES string of the molecule is C/C=N\O[C@H]1CCCN(C)C1. The van der Waals surface area contributed by atoms with E-state index in [1.54, 1.807) is 6.21 Å². The van der Waals surface area contributed by atoms with Crippen molar-refractivity contribution in [1.29, 1.82) is 0 Å². The van der Waals surface area contributed by atoms with Crippen molar-refractivity contribution in [2.24, 2.45) is 5.16 Å². The number of likely N-dealkylation sites (N-methyl/N-ethyl adjacent to an activating group) is 1. The number of likely N-dealkylation sites (tertiary alicyclic amines) is 1. The van der Waals surface area contributed by atoms with Crippen LogP contribution in [0.3, 0.4) is 0 Å². The second-order valence-electron chi connectivity index (χ2n) is 3.00. The van der Waals surface area contributed by atoms with E-state index in [2.05, 4.69) is 17.1 Å². The van der Waals surface area contributed by atoms with Crippen molar-refractivity contribution in [3.63, 3.8) is 0 Å². The van der Waals surface area contributed by atoms with Crippen LogP contribution in [0, 0.1) is 0 Å². The first-order valence-electron chi connectivity index (χ1n) is 4.15. The van der Waals surface area contributed by atoms with Crippen molar-refractivity contribution in [1.82, 2.24) is 4.90 Å². The molecule has 0 saturated carbocycles. The Labute approximate surface area is 68.0 Å². The van der Waals surface area contributed by atoms with Crippen LogP contribution < -0.4 is 0 Å². The molecule has 1 fully saturated rings. The van der Waals surface area contributed by atoms with Crippen molar-refractivity contribution in [2.75, 3.05) is 20.1 Å². The van der Waals surface area contributed by atoms with E-state index in [0.29, 0.717) is 6.10 Å². The molecule has 3 heteroatoms. The Kier molecular flexibility index (Phi) is 3.36. The maximum absolute atomic E-state index is 5.23. The van der Waals surface area contributed by atoms with Gasteiger partial charge in [-0.1, -0.05) is 5.16 Å². The summed E-state index contributed by atoms with van der Waals surface area (Å²) < 4.78 is 0. The van der Waals surface area contributed by atoms with Gasteiger partial charge in [0.25, 0.3) is 0 Å². The van der Waals surface area contributed by atoms with Crippen LogP contribution in [0.2, 0.25) is 0 Å². The molecule has 0 aromatic heterocycles. The molecule has 0 amide bonds. The lowest BCUT2D eigenvalue weighted by atomic mass is 10.1. The Balaban J connectivity index is 2.22. The van der Waals surface area contributed by atoms with Crippen LogP contribution in [0.25, 0.3) is 0 Å². The Morgan fingerprint density at radius 2 is 2.45 bits per heavy atom. The van der Waals surface area contributed by atoms with Gasteiger partial charge < -0.3 is 9.74 Å². The Hall–Kier alpha value is -0.570. The first kappa shape index (κ1) is 8.53. The van der Waals surface area contributed by atoms with Crippen molar-refractivity contribution in [3.05, 3.63) is 0 Å². The first-order chi connectivity index (χ1) is 5.33. The van der Waals surface area contributed by atoms with Crippen LogP contribution in [-0.2, 0) is 4.84 Å². The highest BCUT2D eigenvalue weighted by molar-refractivity contribution is 5.52. The molecule has 1 rings (SSSR count). The molecule has 0 unspecified atom stereocenters. The van der Waals surface area contributed by atoms with Crippen molar-refractivity contribution < 1.29 is 4.84 Å². The third-order valence-corrected chi connectivity index (χ3v) is 1.90. The van der Waals surface area contributed by atoms with E-state index in [-0.39, 0.29) is 0 Å². The summed E-state index contributed by atoms with van der Waals surface area (Å²) in [5, 5.41) is 3.78. The number of oxime groups is 1. The van der Waals surface area contributed by atoms with E-state index in [1.807, 2.05) is 6.92 Å². The van der Waals surface area contributed by atoms with E-state index in [9.17, 15) is 0 Å². The van der Waals surface area contributed by atoms with Crippen LogP contribution >= 0.6 is 0 Å². The van der Waals surface area contributed by atoms with Crippen LogP contribution in [-0.4, -0.2) is 37.4 Å². The molecule has 0 aromatic rings. The molecular weight excluding hydrogens is 140 g/mol. The summed E-state index contributed by atoms with van der Waals surface area (Å²) in [6.45, 7) is 4.07. The lowest BCUT2D eigenvalue weighted by Crippen LogP contribution is -2.36. The second-order valence-corrected chi connectivity index (χ2v) is 3.00. The molecule has 0 aromatic carbocycles. The van der Waals surface area contributed by atoms with Crippen molar-refractivity contribution in [2.45, 2.75) is 25.9 Å². The van der Waals surface area contributed by atoms with Crippen LogP contribution in [0.1, 0.15) is 19.8 Å². The normalized spacial score (nSPS) is 27.6. The molecule has 0 aliphatic carbocycles. The van der Waals surface area contributed by atoms with E-state index < -0.39 is 0 Å². The lowest BCUT2D eigenvalue weighted by molar-refractivity contribution is 0.0106. The predicted molar refractivity (Wildman–Crippen MR) is 45.8 cm³/mol. The van der Waals surface area contributed by atoms with Gasteiger partial charge in [0.1, 0.15) is 6.10 Å². The maximum atomic E-state index is 5.23. The molecule has 64 valence electrons. The second kappa shape index (κ2) is 4.34. The maximum Gasteiger partial charge on any atom is 0.140 e. The van der Waals surface area contributed by atoms with Gasteiger partial charge in [-0.15, -0.1) is 0 Å². The topological polar surface area (TPSA) is 24.8 Å². The smallest absolute Gasteiger partial charge is 0.140 e. The fourth-order valence-electron chi connectivity index (χ4n) is 1.35. The molecule has 0 radical (unpaired) electrons. The van der Waals surface area contributed by atoms with Crippen molar-refractivity contribution >= 4 is 6.21 Å². The summed E-state index contributed by atoms with van der Waals surface area (Å²) >= 11 is 0. The van der Waals surface area contributed by atoms with Crippen LogP contribution in [0.4, 0.5) is 0 Å². The molecule has 0 spiro atoms. The average molecular weight is 156 g/mol. The Bertz CT molecular complexity index is 136. The molecule has 1 aliphatic heterocycles. The molecule has 11 heavy (non-hydrogen) atoms. The quantitative estimate of drug-likeness (QED) is 0.442. The molecule has 1 aliphatic rings. The zero-order valence-corrected chi connectivity index (χ0v) is 7.29. The van der Waals surface area contributed by atoms with E-state index >= 15 is 0 Å². The standard InChI is InChI=1S/C8H16N2O/c1-3-9-11-8-5-4-6-10(2)7-8/h3,8H,4-7H2,1-2H3/b9-3-/t8-/m0/s1. The molecule has 0 bridgehead atoms. The zero-order chi connectivity index (χ0) is 8.10. The lowest BCUT2D eigenvalue weighted by Gasteiger charge is -2.27. The molecular formula is C8H16N2O. The summed E-state index contributed by atoms with van der Waals surface area (Å²) in [7, 11) is 2.12. The highest BCUT2D eigenvalue weighted by Gasteiger charge is 2.17. The summed E-state index contributed by atoms with van der Waals surface area (Å²) in [6, 6.07) is 0. The predicted octanol–water partition coefficient (Wildman–Crippen LogP) is 1.10. The van der Waals surface area contributed by atoms with Gasteiger partial charge in [-0.3, -0.25) is 0 Å². The van der Waals surface area contributed by atoms with Gasteiger partial charge in [-0.2, -0.15) is 0 Å². The van der Waals surface area contributed by atoms with Gasteiger partial charge in [0.2, 0.25) is 0 Å². The van der Waals surface area contributed by atoms with Gasteiger partial charge >= 0.3 is 0 Å². The third kappa shape index (κ3) is 2.89. The molecule has 3 nitrogen and oxygen atoms in total. The minimum Gasteiger partial charge on any atom is -0.391 e. The minimum atomic E-state index is 0.310. The summed E-state index contributed by atoms with van der Waals surface area (Å²) in [6.07, 6.45) is 4.36. The molecule has 0 N–H and O–H groups in total. The monoisotopic (exact) mass is 156 g/mol. The number of piperidine rings is 1. The van der Waals surface area contributed by atoms with Gasteiger partial charge in [-0.25, -0.2) is 0 Å². The molecule has 1 heterocycles. The van der Waals surface area contributed by atoms with Gasteiger partial charge in [0, 0.05) is 12.8 Å². The molecule has 1 saturated heterocycles. The van der Waals surface area contributed by atoms with E-state index in [4.69, 9.17) is 4.84 Å². The van der Waals surface area contributed by atoms with E-state index in [0.717, 1.165) is 13.0 Å². The Morgan fingerprint density at radius 1 is 1.64 bits per heavy atom. The number of hydrogen-bond acceptors (Lipinski definition) is 3. The number of rotatable bonds is 2. The largest absolute Gasteiger partial charge is 0.391 e. The van der Waals surface area contributed by atoms with Crippen LogP contribution in [0.15, 0.2) is 5.16 Å². The van der Waals surface area contributed by atoms with Crippen molar-refractivity contribution in [3.8, 4) is 0 Å². The van der Waals surface area contributed by atoms with E-state index in [1.165, 1.54) is 13.0 Å². The van der Waals surface area contributed by atoms with Gasteiger partial charge in [0.15, 0.2) is 0 Å². The Morgan fingerprint density at radius 3 is 3.09 bits per heavy atom. The number of hydrogen-bond donors (Lipinski definition) is 0. The zero-order valence-electron chi connectivity index (χ0n) is 7.29. The summed E-state index contributed by atoms with van der Waals surface area (Å²) in [5.41, 5.74) is 0. The third-order valence-electron chi connectivity index (χ3n) is 1.90. The molecule has 1 atom stereocenters. The fourth-order valence-corrected chi connectivity index (χ4v) is 1.35. The summed E-state index contributed by atoms with van der Waals surface area (Å²) in [5.74, 6) is 0. The average Bonchev–Trinajstić information content (AvgIpc) is 2.01. The minimum absolute atomic E-state index is 0.310. The summed E-state index contributed by atoms with van der Waals surface area (Å²) in [4.78, 5) is 7.51. The van der Waals surface area contributed by atoms with Crippen LogP contribution in [0.5, 0.6) is 0 Å².